The monoisotopic (exact) mass is 334 g/mol. The summed E-state index contributed by atoms with van der Waals surface area (Å²) >= 11 is 5.72. The number of hydrogen-bond donors (Lipinski definition) is 1. The third kappa shape index (κ3) is 5.65. The Morgan fingerprint density at radius 2 is 2.00 bits per heavy atom. The fraction of sp³-hybridized carbons (Fsp3) is 0.500. The van der Waals surface area contributed by atoms with Crippen molar-refractivity contribution in [3.05, 3.63) is 28.8 Å². The van der Waals surface area contributed by atoms with Gasteiger partial charge in [-0.25, -0.2) is 13.2 Å². The van der Waals surface area contributed by atoms with Gasteiger partial charge in [-0.2, -0.15) is 0 Å². The van der Waals surface area contributed by atoms with E-state index >= 15 is 0 Å². The van der Waals surface area contributed by atoms with Crippen LogP contribution in [0, 0.1) is 5.92 Å². The smallest absolute Gasteiger partial charge is 0.337 e. The van der Waals surface area contributed by atoms with Crippen molar-refractivity contribution < 1.29 is 23.1 Å². The number of aromatic carboxylic acids is 1. The Balaban J connectivity index is 2.70. The number of sulfone groups is 1. The lowest BCUT2D eigenvalue weighted by Crippen LogP contribution is -2.14. The highest BCUT2D eigenvalue weighted by Crippen LogP contribution is 2.21. The molecule has 0 bridgehead atoms. The predicted molar refractivity (Wildman–Crippen MR) is 80.7 cm³/mol. The molecular formula is C14H19ClO5S. The van der Waals surface area contributed by atoms with E-state index in [1.807, 2.05) is 0 Å². The maximum Gasteiger partial charge on any atom is 0.337 e. The van der Waals surface area contributed by atoms with Gasteiger partial charge in [-0.05, 0) is 30.5 Å². The van der Waals surface area contributed by atoms with Gasteiger partial charge in [0.25, 0.3) is 0 Å². The first-order chi connectivity index (χ1) is 9.74. The Bertz CT molecular complexity index is 595. The summed E-state index contributed by atoms with van der Waals surface area (Å²) in [7, 11) is -3.58. The minimum atomic E-state index is -3.58. The zero-order chi connectivity index (χ0) is 16.0. The molecule has 1 aromatic rings. The van der Waals surface area contributed by atoms with Crippen LogP contribution in [0.25, 0.3) is 0 Å². The molecule has 0 heterocycles. The van der Waals surface area contributed by atoms with Gasteiger partial charge >= 0.3 is 5.97 Å². The van der Waals surface area contributed by atoms with E-state index in [1.165, 1.54) is 12.1 Å². The number of hydrogen-bond acceptors (Lipinski definition) is 4. The Kier molecular flexibility index (Phi) is 6.64. The zero-order valence-electron chi connectivity index (χ0n) is 12.0. The first-order valence-corrected chi connectivity index (χ1v) is 8.60. The van der Waals surface area contributed by atoms with E-state index in [-0.39, 0.29) is 27.8 Å². The summed E-state index contributed by atoms with van der Waals surface area (Å²) < 4.78 is 29.5. The highest BCUT2D eigenvalue weighted by atomic mass is 35.5. The van der Waals surface area contributed by atoms with E-state index in [1.54, 1.807) is 0 Å². The molecular weight excluding hydrogens is 316 g/mol. The summed E-state index contributed by atoms with van der Waals surface area (Å²) in [4.78, 5) is 10.9. The maximum absolute atomic E-state index is 12.1. The van der Waals surface area contributed by atoms with Crippen molar-refractivity contribution in [3.63, 3.8) is 0 Å². The van der Waals surface area contributed by atoms with Gasteiger partial charge in [0.1, 0.15) is 0 Å². The van der Waals surface area contributed by atoms with Crippen LogP contribution in [0.4, 0.5) is 0 Å². The number of benzene rings is 1. The Hall–Kier alpha value is -1.11. The second-order valence-electron chi connectivity index (χ2n) is 5.06. The quantitative estimate of drug-likeness (QED) is 0.739. The van der Waals surface area contributed by atoms with Crippen LogP contribution in [0.3, 0.4) is 0 Å². The normalized spacial score (nSPS) is 11.8. The molecule has 5 nitrogen and oxygen atoms in total. The maximum atomic E-state index is 12.1. The molecule has 0 spiro atoms. The van der Waals surface area contributed by atoms with Crippen LogP contribution in [0.5, 0.6) is 0 Å². The second-order valence-corrected chi connectivity index (χ2v) is 7.58. The molecule has 0 amide bonds. The molecule has 0 atom stereocenters. The molecule has 0 unspecified atom stereocenters. The molecule has 0 aromatic heterocycles. The van der Waals surface area contributed by atoms with Gasteiger partial charge in [0.15, 0.2) is 9.84 Å². The largest absolute Gasteiger partial charge is 0.478 e. The number of carboxylic acid groups (broad SMARTS) is 1. The van der Waals surface area contributed by atoms with Crippen molar-refractivity contribution >= 4 is 27.4 Å². The molecule has 0 saturated heterocycles. The fourth-order valence-electron chi connectivity index (χ4n) is 1.57. The van der Waals surface area contributed by atoms with Crippen LogP contribution in [-0.2, 0) is 14.6 Å². The molecule has 1 rings (SSSR count). The SMILES string of the molecule is CC(C)CCOCCS(=O)(=O)c1ccc(Cl)c(C(=O)O)c1. The summed E-state index contributed by atoms with van der Waals surface area (Å²) in [5.41, 5.74) is -0.224. The highest BCUT2D eigenvalue weighted by Gasteiger charge is 2.18. The predicted octanol–water partition coefficient (Wildman–Crippen LogP) is 2.87. The molecule has 7 heteroatoms. The molecule has 0 saturated carbocycles. The van der Waals surface area contributed by atoms with E-state index in [2.05, 4.69) is 13.8 Å². The van der Waals surface area contributed by atoms with Crippen molar-refractivity contribution in [3.8, 4) is 0 Å². The Labute approximate surface area is 129 Å². The molecule has 0 fully saturated rings. The topological polar surface area (TPSA) is 80.7 Å². The third-order valence-corrected chi connectivity index (χ3v) is 4.87. The first kappa shape index (κ1) is 17.9. The van der Waals surface area contributed by atoms with Crippen LogP contribution in [0.15, 0.2) is 23.1 Å². The lowest BCUT2D eigenvalue weighted by molar-refractivity contribution is 0.0697. The third-order valence-electron chi connectivity index (χ3n) is 2.86. The lowest BCUT2D eigenvalue weighted by atomic mass is 10.1. The van der Waals surface area contributed by atoms with E-state index in [0.717, 1.165) is 12.5 Å². The standard InChI is InChI=1S/C14H19ClO5S/c1-10(2)5-6-20-7-8-21(18,19)11-3-4-13(15)12(9-11)14(16)17/h3-4,9-10H,5-8H2,1-2H3,(H,16,17). The number of carbonyl (C=O) groups is 1. The van der Waals surface area contributed by atoms with Gasteiger partial charge in [-0.3, -0.25) is 0 Å². The van der Waals surface area contributed by atoms with Gasteiger partial charge in [0.05, 0.1) is 27.8 Å². The minimum absolute atomic E-state index is 0.00892. The molecule has 1 N–H and O–H groups in total. The summed E-state index contributed by atoms with van der Waals surface area (Å²) in [6.07, 6.45) is 0.865. The summed E-state index contributed by atoms with van der Waals surface area (Å²) in [6, 6.07) is 3.66. The highest BCUT2D eigenvalue weighted by molar-refractivity contribution is 7.91. The van der Waals surface area contributed by atoms with Gasteiger partial charge < -0.3 is 9.84 Å². The van der Waals surface area contributed by atoms with Gasteiger partial charge in [-0.15, -0.1) is 0 Å². The summed E-state index contributed by atoms with van der Waals surface area (Å²) in [6.45, 7) is 4.71. The first-order valence-electron chi connectivity index (χ1n) is 6.57. The van der Waals surface area contributed by atoms with E-state index in [4.69, 9.17) is 21.4 Å². The van der Waals surface area contributed by atoms with Crippen molar-refractivity contribution in [2.45, 2.75) is 25.2 Å². The van der Waals surface area contributed by atoms with Crippen LogP contribution in [0.2, 0.25) is 5.02 Å². The number of carboxylic acids is 1. The van der Waals surface area contributed by atoms with Crippen LogP contribution < -0.4 is 0 Å². The van der Waals surface area contributed by atoms with E-state index in [0.29, 0.717) is 12.5 Å². The molecule has 21 heavy (non-hydrogen) atoms. The molecule has 1 aromatic carbocycles. The number of rotatable bonds is 8. The molecule has 118 valence electrons. The lowest BCUT2D eigenvalue weighted by Gasteiger charge is -2.08. The van der Waals surface area contributed by atoms with Gasteiger partial charge in [0.2, 0.25) is 0 Å². The second kappa shape index (κ2) is 7.77. The number of ether oxygens (including phenoxy) is 1. The van der Waals surface area contributed by atoms with E-state index in [9.17, 15) is 13.2 Å². The van der Waals surface area contributed by atoms with Gasteiger partial charge in [-0.1, -0.05) is 25.4 Å². The summed E-state index contributed by atoms with van der Waals surface area (Å²) in [5.74, 6) is -0.951. The molecule has 0 aliphatic carbocycles. The summed E-state index contributed by atoms with van der Waals surface area (Å²) in [5, 5.41) is 8.96. The Morgan fingerprint density at radius 3 is 2.57 bits per heavy atom. The van der Waals surface area contributed by atoms with E-state index < -0.39 is 15.8 Å². The fourth-order valence-corrected chi connectivity index (χ4v) is 2.91. The van der Waals surface area contributed by atoms with Gasteiger partial charge in [0, 0.05) is 6.61 Å². The zero-order valence-corrected chi connectivity index (χ0v) is 13.6. The Morgan fingerprint density at radius 1 is 1.33 bits per heavy atom. The molecule has 0 aliphatic rings. The van der Waals surface area contributed by atoms with Crippen molar-refractivity contribution in [2.24, 2.45) is 5.92 Å². The van der Waals surface area contributed by atoms with Crippen molar-refractivity contribution in [1.82, 2.24) is 0 Å². The van der Waals surface area contributed by atoms with Crippen LogP contribution >= 0.6 is 11.6 Å². The average molecular weight is 335 g/mol. The molecule has 0 radical (unpaired) electrons. The van der Waals surface area contributed by atoms with Crippen LogP contribution in [0.1, 0.15) is 30.6 Å². The molecule has 0 aliphatic heterocycles. The van der Waals surface area contributed by atoms with Crippen molar-refractivity contribution in [2.75, 3.05) is 19.0 Å². The van der Waals surface area contributed by atoms with Crippen molar-refractivity contribution in [1.29, 1.82) is 0 Å². The average Bonchev–Trinajstić information content (AvgIpc) is 2.37. The number of halogens is 1. The minimum Gasteiger partial charge on any atom is -0.478 e. The van der Waals surface area contributed by atoms with Crippen LogP contribution in [-0.4, -0.2) is 38.5 Å².